The Bertz CT molecular complexity index is 460. The van der Waals surface area contributed by atoms with Gasteiger partial charge in [0.2, 0.25) is 0 Å². The minimum Gasteiger partial charge on any atom is -0.490 e. The van der Waals surface area contributed by atoms with E-state index in [-0.39, 0.29) is 6.42 Å². The summed E-state index contributed by atoms with van der Waals surface area (Å²) in [7, 11) is 0. The summed E-state index contributed by atoms with van der Waals surface area (Å²) in [5.74, 6) is 0.569. The highest BCUT2D eigenvalue weighted by molar-refractivity contribution is 9.10. The molecule has 5 heteroatoms. The molecule has 0 saturated carbocycles. The molecule has 0 atom stereocenters. The second-order valence-electron chi connectivity index (χ2n) is 4.79. The number of halogens is 1. The molecule has 0 radical (unpaired) electrons. The van der Waals surface area contributed by atoms with E-state index in [2.05, 4.69) is 22.9 Å². The van der Waals surface area contributed by atoms with Crippen LogP contribution in [0.3, 0.4) is 0 Å². The van der Waals surface area contributed by atoms with Gasteiger partial charge in [0.25, 0.3) is 0 Å². The second-order valence-corrected chi connectivity index (χ2v) is 5.64. The Kier molecular flexibility index (Phi) is 8.20. The van der Waals surface area contributed by atoms with Crippen LogP contribution >= 0.6 is 15.9 Å². The molecule has 118 valence electrons. The monoisotopic (exact) mass is 358 g/mol. The van der Waals surface area contributed by atoms with E-state index in [1.807, 2.05) is 19.1 Å². The first-order valence-corrected chi connectivity index (χ1v) is 8.17. The summed E-state index contributed by atoms with van der Waals surface area (Å²) in [4.78, 5) is 10.7. The molecule has 0 spiro atoms. The average Bonchev–Trinajstić information content (AvgIpc) is 2.43. The van der Waals surface area contributed by atoms with Crippen LogP contribution in [0.15, 0.2) is 16.6 Å². The molecule has 21 heavy (non-hydrogen) atoms. The summed E-state index contributed by atoms with van der Waals surface area (Å²) in [5, 5.41) is 8.77. The van der Waals surface area contributed by atoms with Gasteiger partial charge in [-0.3, -0.25) is 4.79 Å². The van der Waals surface area contributed by atoms with E-state index in [1.54, 1.807) is 0 Å². The number of benzene rings is 1. The summed E-state index contributed by atoms with van der Waals surface area (Å²) in [6, 6.07) is 3.77. The fraction of sp³-hybridized carbons (Fsp3) is 0.562. The third kappa shape index (κ3) is 6.38. The lowest BCUT2D eigenvalue weighted by atomic mass is 10.1. The second kappa shape index (κ2) is 9.66. The minimum absolute atomic E-state index is 0.106. The Hall–Kier alpha value is -1.23. The largest absolute Gasteiger partial charge is 0.490 e. The lowest BCUT2D eigenvalue weighted by molar-refractivity contribution is -0.136. The van der Waals surface area contributed by atoms with Gasteiger partial charge in [-0.05, 0) is 53.4 Å². The van der Waals surface area contributed by atoms with Crippen LogP contribution in [0.5, 0.6) is 11.5 Å². The number of carboxylic acids is 1. The van der Waals surface area contributed by atoms with Crippen molar-refractivity contribution in [2.75, 3.05) is 13.2 Å². The van der Waals surface area contributed by atoms with Crippen molar-refractivity contribution >= 4 is 21.9 Å². The molecule has 0 amide bonds. The Labute approximate surface area is 134 Å². The number of rotatable bonds is 10. The van der Waals surface area contributed by atoms with Gasteiger partial charge in [-0.2, -0.15) is 0 Å². The predicted molar refractivity (Wildman–Crippen MR) is 86.3 cm³/mol. The number of hydrogen-bond donors (Lipinski definition) is 1. The fourth-order valence-electron chi connectivity index (χ4n) is 1.95. The maximum absolute atomic E-state index is 10.7. The number of aryl methyl sites for hydroxylation is 1. The van der Waals surface area contributed by atoms with E-state index >= 15 is 0 Å². The Morgan fingerprint density at radius 1 is 1.24 bits per heavy atom. The molecule has 0 aliphatic carbocycles. The van der Waals surface area contributed by atoms with Gasteiger partial charge in [0.05, 0.1) is 17.7 Å². The van der Waals surface area contributed by atoms with Crippen LogP contribution in [0.25, 0.3) is 0 Å². The molecule has 1 N–H and O–H groups in total. The quantitative estimate of drug-likeness (QED) is 0.628. The van der Waals surface area contributed by atoms with Crippen molar-refractivity contribution in [3.63, 3.8) is 0 Å². The Morgan fingerprint density at radius 3 is 2.62 bits per heavy atom. The van der Waals surface area contributed by atoms with Crippen molar-refractivity contribution < 1.29 is 19.4 Å². The van der Waals surface area contributed by atoms with Crippen molar-refractivity contribution in [1.29, 1.82) is 0 Å². The highest BCUT2D eigenvalue weighted by Crippen LogP contribution is 2.37. The number of aliphatic carboxylic acids is 1. The van der Waals surface area contributed by atoms with Gasteiger partial charge in [0.15, 0.2) is 11.5 Å². The Balaban J connectivity index is 2.82. The van der Waals surface area contributed by atoms with Crippen LogP contribution in [-0.2, 0) is 11.2 Å². The van der Waals surface area contributed by atoms with Crippen LogP contribution in [0, 0.1) is 0 Å². The zero-order valence-corrected chi connectivity index (χ0v) is 14.2. The predicted octanol–water partition coefficient (Wildman–Crippen LogP) is 4.43. The van der Waals surface area contributed by atoms with Gasteiger partial charge in [-0.1, -0.05) is 19.8 Å². The van der Waals surface area contributed by atoms with Crippen molar-refractivity contribution in [3.05, 3.63) is 22.2 Å². The van der Waals surface area contributed by atoms with Crippen molar-refractivity contribution in [2.45, 2.75) is 46.0 Å². The number of hydrogen-bond acceptors (Lipinski definition) is 3. The smallest absolute Gasteiger partial charge is 0.303 e. The molecule has 0 aliphatic heterocycles. The molecule has 0 aromatic heterocycles. The number of unbranched alkanes of at least 4 members (excludes halogenated alkanes) is 2. The van der Waals surface area contributed by atoms with Gasteiger partial charge in [-0.25, -0.2) is 0 Å². The molecule has 0 bridgehead atoms. The van der Waals surface area contributed by atoms with Crippen molar-refractivity contribution in [1.82, 2.24) is 0 Å². The molecule has 1 aromatic rings. The standard InChI is InChI=1S/C16H23BrO4/c1-3-5-6-9-21-16-13(17)10-12(7-8-15(18)19)11-14(16)20-4-2/h10-11H,3-9H2,1-2H3,(H,18,19). The highest BCUT2D eigenvalue weighted by atomic mass is 79.9. The van der Waals surface area contributed by atoms with Crippen LogP contribution in [0.2, 0.25) is 0 Å². The lowest BCUT2D eigenvalue weighted by Gasteiger charge is -2.15. The molecule has 0 saturated heterocycles. The molecule has 4 nitrogen and oxygen atoms in total. The summed E-state index contributed by atoms with van der Waals surface area (Å²) in [5.41, 5.74) is 0.925. The topological polar surface area (TPSA) is 55.8 Å². The van der Waals surface area contributed by atoms with E-state index in [0.29, 0.717) is 31.1 Å². The fourth-order valence-corrected chi connectivity index (χ4v) is 2.55. The van der Waals surface area contributed by atoms with Gasteiger partial charge < -0.3 is 14.6 Å². The molecule has 0 heterocycles. The molecule has 1 rings (SSSR count). The summed E-state index contributed by atoms with van der Waals surface area (Å²) >= 11 is 3.49. The highest BCUT2D eigenvalue weighted by Gasteiger charge is 2.13. The van der Waals surface area contributed by atoms with Crippen molar-refractivity contribution in [3.8, 4) is 11.5 Å². The van der Waals surface area contributed by atoms with Crippen LogP contribution < -0.4 is 9.47 Å². The molecule has 0 aliphatic rings. The SMILES string of the molecule is CCCCCOc1c(Br)cc(CCC(=O)O)cc1OCC. The van der Waals surface area contributed by atoms with Gasteiger partial charge >= 0.3 is 5.97 Å². The van der Waals surface area contributed by atoms with E-state index in [1.165, 1.54) is 0 Å². The van der Waals surface area contributed by atoms with Gasteiger partial charge in [0, 0.05) is 6.42 Å². The minimum atomic E-state index is -0.802. The molecular formula is C16H23BrO4. The van der Waals surface area contributed by atoms with Crippen LogP contribution in [-0.4, -0.2) is 24.3 Å². The van der Waals surface area contributed by atoms with Crippen molar-refractivity contribution in [2.24, 2.45) is 0 Å². The van der Waals surface area contributed by atoms with Crippen LogP contribution in [0.4, 0.5) is 0 Å². The van der Waals surface area contributed by atoms with Gasteiger partial charge in [0.1, 0.15) is 0 Å². The average molecular weight is 359 g/mol. The molecule has 0 unspecified atom stereocenters. The van der Waals surface area contributed by atoms with Gasteiger partial charge in [-0.15, -0.1) is 0 Å². The summed E-state index contributed by atoms with van der Waals surface area (Å²) in [6.45, 7) is 5.26. The molecular weight excluding hydrogens is 336 g/mol. The number of carbonyl (C=O) groups is 1. The number of carboxylic acid groups (broad SMARTS) is 1. The first-order valence-electron chi connectivity index (χ1n) is 7.38. The zero-order valence-electron chi connectivity index (χ0n) is 12.7. The first-order chi connectivity index (χ1) is 10.1. The zero-order chi connectivity index (χ0) is 15.7. The lowest BCUT2D eigenvalue weighted by Crippen LogP contribution is -2.03. The Morgan fingerprint density at radius 2 is 2.00 bits per heavy atom. The number of ether oxygens (including phenoxy) is 2. The van der Waals surface area contributed by atoms with Crippen LogP contribution in [0.1, 0.15) is 45.1 Å². The summed E-state index contributed by atoms with van der Waals surface area (Å²) in [6.07, 6.45) is 3.88. The molecule has 1 aromatic carbocycles. The maximum Gasteiger partial charge on any atom is 0.303 e. The normalized spacial score (nSPS) is 10.4. The summed E-state index contributed by atoms with van der Waals surface area (Å²) < 4.78 is 12.2. The third-order valence-electron chi connectivity index (χ3n) is 2.99. The van der Waals surface area contributed by atoms with E-state index in [4.69, 9.17) is 14.6 Å². The van der Waals surface area contributed by atoms with E-state index in [9.17, 15) is 4.79 Å². The maximum atomic E-state index is 10.7. The van der Waals surface area contributed by atoms with E-state index in [0.717, 1.165) is 29.3 Å². The molecule has 0 fully saturated rings. The van der Waals surface area contributed by atoms with E-state index < -0.39 is 5.97 Å². The first kappa shape index (κ1) is 17.8. The third-order valence-corrected chi connectivity index (χ3v) is 3.58.